The van der Waals surface area contributed by atoms with Gasteiger partial charge in [0.2, 0.25) is 0 Å². The van der Waals surface area contributed by atoms with Crippen LogP contribution in [0.3, 0.4) is 0 Å². The van der Waals surface area contributed by atoms with Crippen molar-refractivity contribution in [1.29, 1.82) is 0 Å². The van der Waals surface area contributed by atoms with Crippen LogP contribution in [0, 0.1) is 0 Å². The van der Waals surface area contributed by atoms with E-state index in [1.807, 2.05) is 6.07 Å². The normalized spacial score (nSPS) is 10.9. The van der Waals surface area contributed by atoms with E-state index in [-0.39, 0.29) is 0 Å². The van der Waals surface area contributed by atoms with Crippen LogP contribution < -0.4 is 5.32 Å². The van der Waals surface area contributed by atoms with Gasteiger partial charge in [-0.1, -0.05) is 72.8 Å². The first kappa shape index (κ1) is 14.8. The Morgan fingerprint density at radius 3 is 2.45 bits per heavy atom. The number of benzene rings is 3. The molecule has 0 amide bonds. The zero-order valence-electron chi connectivity index (χ0n) is 12.7. The van der Waals surface area contributed by atoms with Crippen LogP contribution in [0.15, 0.2) is 72.8 Å². The zero-order valence-corrected chi connectivity index (χ0v) is 12.7. The van der Waals surface area contributed by atoms with Crippen LogP contribution in [0.5, 0.6) is 0 Å². The molecule has 0 saturated heterocycles. The summed E-state index contributed by atoms with van der Waals surface area (Å²) in [7, 11) is 0. The average molecular weight is 291 g/mol. The lowest BCUT2D eigenvalue weighted by molar-refractivity contribution is 0.123. The first-order chi connectivity index (χ1) is 10.9. The molecule has 2 heteroatoms. The molecular weight excluding hydrogens is 270 g/mol. The van der Waals surface area contributed by atoms with Crippen molar-refractivity contribution in [3.8, 4) is 0 Å². The average Bonchev–Trinajstić information content (AvgIpc) is 2.59. The Kier molecular flexibility index (Phi) is 5.19. The van der Waals surface area contributed by atoms with Crippen LogP contribution in [0.4, 0.5) is 0 Å². The topological polar surface area (TPSA) is 21.3 Å². The molecule has 3 rings (SSSR count). The maximum absolute atomic E-state index is 5.80. The van der Waals surface area contributed by atoms with Gasteiger partial charge in [0.05, 0.1) is 13.2 Å². The Morgan fingerprint density at radius 2 is 1.55 bits per heavy atom. The lowest BCUT2D eigenvalue weighted by atomic mass is 10.1. The zero-order chi connectivity index (χ0) is 15.0. The molecule has 0 atom stereocenters. The van der Waals surface area contributed by atoms with E-state index in [1.165, 1.54) is 21.9 Å². The minimum absolute atomic E-state index is 0.661. The Hall–Kier alpha value is -2.16. The highest BCUT2D eigenvalue weighted by molar-refractivity contribution is 5.85. The second-order valence-corrected chi connectivity index (χ2v) is 5.35. The van der Waals surface area contributed by atoms with Gasteiger partial charge in [-0.15, -0.1) is 0 Å². The van der Waals surface area contributed by atoms with Crippen LogP contribution in [-0.4, -0.2) is 13.2 Å². The number of rotatable bonds is 7. The molecule has 0 spiro atoms. The molecule has 1 N–H and O–H groups in total. The van der Waals surface area contributed by atoms with E-state index >= 15 is 0 Å². The molecule has 0 saturated carbocycles. The highest BCUT2D eigenvalue weighted by Crippen LogP contribution is 2.18. The summed E-state index contributed by atoms with van der Waals surface area (Å²) in [6, 6.07) is 25.2. The molecule has 2 nitrogen and oxygen atoms in total. The van der Waals surface area contributed by atoms with Crippen molar-refractivity contribution in [2.45, 2.75) is 13.2 Å². The van der Waals surface area contributed by atoms with E-state index in [2.05, 4.69) is 72.0 Å². The lowest BCUT2D eigenvalue weighted by Crippen LogP contribution is -2.19. The van der Waals surface area contributed by atoms with E-state index < -0.39 is 0 Å². The monoisotopic (exact) mass is 291 g/mol. The summed E-state index contributed by atoms with van der Waals surface area (Å²) < 4.78 is 5.80. The standard InChI is InChI=1S/C20H21NO/c1-2-7-17(8-3-1)15-21-13-14-22-16-19-11-6-10-18-9-4-5-12-20(18)19/h1-12,21H,13-16H2. The van der Waals surface area contributed by atoms with Gasteiger partial charge >= 0.3 is 0 Å². The molecule has 0 fully saturated rings. The molecule has 112 valence electrons. The summed E-state index contributed by atoms with van der Waals surface area (Å²) in [5, 5.41) is 5.95. The Balaban J connectivity index is 1.43. The lowest BCUT2D eigenvalue weighted by Gasteiger charge is -2.09. The van der Waals surface area contributed by atoms with Crippen molar-refractivity contribution < 1.29 is 4.74 Å². The number of fused-ring (bicyclic) bond motifs is 1. The first-order valence-electron chi connectivity index (χ1n) is 7.72. The minimum atomic E-state index is 0.661. The highest BCUT2D eigenvalue weighted by atomic mass is 16.5. The van der Waals surface area contributed by atoms with Crippen LogP contribution in [-0.2, 0) is 17.9 Å². The Labute approximate surface area is 131 Å². The quantitative estimate of drug-likeness (QED) is 0.660. The van der Waals surface area contributed by atoms with Gasteiger partial charge in [-0.05, 0) is 21.9 Å². The Bertz CT molecular complexity index is 704. The largest absolute Gasteiger partial charge is 0.375 e. The van der Waals surface area contributed by atoms with Crippen LogP contribution in [0.1, 0.15) is 11.1 Å². The summed E-state index contributed by atoms with van der Waals surface area (Å²) in [6.07, 6.45) is 0. The van der Waals surface area contributed by atoms with Gasteiger partial charge < -0.3 is 10.1 Å². The maximum atomic E-state index is 5.80. The maximum Gasteiger partial charge on any atom is 0.0723 e. The van der Waals surface area contributed by atoms with Crippen LogP contribution >= 0.6 is 0 Å². The van der Waals surface area contributed by atoms with E-state index in [0.717, 1.165) is 19.7 Å². The van der Waals surface area contributed by atoms with Crippen molar-refractivity contribution in [2.24, 2.45) is 0 Å². The molecule has 3 aromatic rings. The minimum Gasteiger partial charge on any atom is -0.375 e. The third-order valence-corrected chi connectivity index (χ3v) is 3.73. The highest BCUT2D eigenvalue weighted by Gasteiger charge is 2.00. The second-order valence-electron chi connectivity index (χ2n) is 5.35. The van der Waals surface area contributed by atoms with Crippen LogP contribution in [0.2, 0.25) is 0 Å². The van der Waals surface area contributed by atoms with Gasteiger partial charge in [-0.25, -0.2) is 0 Å². The molecule has 0 aliphatic heterocycles. The molecule has 0 aliphatic rings. The fourth-order valence-electron chi connectivity index (χ4n) is 2.57. The van der Waals surface area contributed by atoms with E-state index in [9.17, 15) is 0 Å². The van der Waals surface area contributed by atoms with Crippen molar-refractivity contribution in [3.05, 3.63) is 83.9 Å². The number of nitrogens with one attached hydrogen (secondary N) is 1. The van der Waals surface area contributed by atoms with Crippen molar-refractivity contribution in [3.63, 3.8) is 0 Å². The van der Waals surface area contributed by atoms with Crippen molar-refractivity contribution in [1.82, 2.24) is 5.32 Å². The molecule has 0 radical (unpaired) electrons. The van der Waals surface area contributed by atoms with Gasteiger partial charge in [0, 0.05) is 13.1 Å². The summed E-state index contributed by atoms with van der Waals surface area (Å²) in [5.41, 5.74) is 2.55. The number of hydrogen-bond donors (Lipinski definition) is 1. The molecule has 22 heavy (non-hydrogen) atoms. The summed E-state index contributed by atoms with van der Waals surface area (Å²) >= 11 is 0. The summed E-state index contributed by atoms with van der Waals surface area (Å²) in [4.78, 5) is 0. The SMILES string of the molecule is c1ccc(CNCCOCc2cccc3ccccc23)cc1. The molecule has 0 bridgehead atoms. The third-order valence-electron chi connectivity index (χ3n) is 3.73. The molecule has 3 aromatic carbocycles. The van der Waals surface area contributed by atoms with Gasteiger partial charge in [-0.2, -0.15) is 0 Å². The Morgan fingerprint density at radius 1 is 0.773 bits per heavy atom. The van der Waals surface area contributed by atoms with Crippen molar-refractivity contribution in [2.75, 3.05) is 13.2 Å². The molecule has 0 aliphatic carbocycles. The second kappa shape index (κ2) is 7.74. The molecule has 0 unspecified atom stereocenters. The van der Waals surface area contributed by atoms with Gasteiger partial charge in [0.25, 0.3) is 0 Å². The molecule has 0 heterocycles. The summed E-state index contributed by atoms with van der Waals surface area (Å²) in [6.45, 7) is 3.13. The molecule has 0 aromatic heterocycles. The fourth-order valence-corrected chi connectivity index (χ4v) is 2.57. The summed E-state index contributed by atoms with van der Waals surface area (Å²) in [5.74, 6) is 0. The number of hydrogen-bond acceptors (Lipinski definition) is 2. The van der Waals surface area contributed by atoms with E-state index in [1.54, 1.807) is 0 Å². The first-order valence-corrected chi connectivity index (χ1v) is 7.72. The predicted molar refractivity (Wildman–Crippen MR) is 91.8 cm³/mol. The van der Waals surface area contributed by atoms with Crippen LogP contribution in [0.25, 0.3) is 10.8 Å². The van der Waals surface area contributed by atoms with E-state index in [4.69, 9.17) is 4.74 Å². The van der Waals surface area contributed by atoms with Gasteiger partial charge in [0.1, 0.15) is 0 Å². The van der Waals surface area contributed by atoms with E-state index in [0.29, 0.717) is 6.61 Å². The fraction of sp³-hybridized carbons (Fsp3) is 0.200. The molecular formula is C20H21NO. The van der Waals surface area contributed by atoms with Crippen molar-refractivity contribution >= 4 is 10.8 Å². The van der Waals surface area contributed by atoms with Gasteiger partial charge in [-0.3, -0.25) is 0 Å². The predicted octanol–water partition coefficient (Wildman–Crippen LogP) is 4.15. The van der Waals surface area contributed by atoms with Gasteiger partial charge in [0.15, 0.2) is 0 Å². The number of ether oxygens (including phenoxy) is 1. The smallest absolute Gasteiger partial charge is 0.0723 e. The third kappa shape index (κ3) is 3.94.